The van der Waals surface area contributed by atoms with Crippen molar-refractivity contribution in [3.05, 3.63) is 155 Å². The molecule has 0 aliphatic rings. The summed E-state index contributed by atoms with van der Waals surface area (Å²) in [5.41, 5.74) is 1.48. The molecular weight excluding hydrogens is 607 g/mol. The Balaban J connectivity index is 0.000000249. The molecule has 0 aromatic heterocycles. The predicted octanol–water partition coefficient (Wildman–Crippen LogP) is 8.86. The van der Waals surface area contributed by atoms with E-state index in [1.165, 1.54) is 5.56 Å². The molecule has 0 radical (unpaired) electrons. The average molecular weight is 628 g/mol. The van der Waals surface area contributed by atoms with Gasteiger partial charge in [0.1, 0.15) is 11.6 Å². The van der Waals surface area contributed by atoms with E-state index in [1.807, 2.05) is 78.9 Å². The molecule has 44 heavy (non-hydrogen) atoms. The van der Waals surface area contributed by atoms with E-state index in [4.69, 9.17) is 0 Å². The van der Waals surface area contributed by atoms with Gasteiger partial charge in [-0.2, -0.15) is 0 Å². The van der Waals surface area contributed by atoms with Gasteiger partial charge in [-0.05, 0) is 46.8 Å². The third-order valence-electron chi connectivity index (χ3n) is 6.26. The van der Waals surface area contributed by atoms with Crippen molar-refractivity contribution in [2.45, 2.75) is 10.6 Å². The highest BCUT2D eigenvalue weighted by Gasteiger charge is 2.38. The third-order valence-corrected chi connectivity index (χ3v) is 8.47. The van der Waals surface area contributed by atoms with Crippen LogP contribution in [0.4, 0.5) is 34.9 Å². The molecule has 0 aliphatic carbocycles. The normalized spacial score (nSPS) is 12.3. The molecule has 0 heterocycles. The maximum atomic E-state index is 13.9. The minimum absolute atomic E-state index is 0.395. The Hall–Kier alpha value is -4.69. The topological polar surface area (TPSA) is 17.1 Å². The fourth-order valence-electron chi connectivity index (χ4n) is 4.05. The van der Waals surface area contributed by atoms with Gasteiger partial charge in [-0.15, -0.1) is 0 Å². The summed E-state index contributed by atoms with van der Waals surface area (Å²) in [4.78, 5) is 0.774. The number of halogens is 8. The van der Waals surface area contributed by atoms with Crippen LogP contribution in [-0.2, 0) is 19.9 Å². The zero-order valence-electron chi connectivity index (χ0n) is 22.6. The number of hydrogen-bond donors (Lipinski definition) is 0. The van der Waals surface area contributed by atoms with Crippen molar-refractivity contribution in [2.75, 3.05) is 0 Å². The number of benzene rings is 5. The first kappa shape index (κ1) is 32.2. The Bertz CT molecular complexity index is 1810. The first-order valence-corrected chi connectivity index (χ1v) is 14.6. The first-order valence-electron chi connectivity index (χ1n) is 12.9. The van der Waals surface area contributed by atoms with Crippen LogP contribution in [0, 0.1) is 40.3 Å². The van der Waals surface area contributed by atoms with E-state index in [1.54, 1.807) is 0 Å². The molecule has 0 aliphatic heterocycles. The summed E-state index contributed by atoms with van der Waals surface area (Å²) in [5.74, 6) is -10.0. The van der Waals surface area contributed by atoms with Crippen molar-refractivity contribution in [2.24, 2.45) is 0 Å². The van der Waals surface area contributed by atoms with Gasteiger partial charge in [-0.1, -0.05) is 95.2 Å². The summed E-state index contributed by atoms with van der Waals surface area (Å²) < 4.78 is 112. The maximum absolute atomic E-state index is 13.9. The van der Waals surface area contributed by atoms with Crippen LogP contribution in [0.5, 0.6) is 0 Å². The molecule has 224 valence electrons. The van der Waals surface area contributed by atoms with Crippen LogP contribution >= 0.6 is 0 Å². The quantitative estimate of drug-likeness (QED) is 0.0475. The Morgan fingerprint density at radius 2 is 0.977 bits per heavy atom. The van der Waals surface area contributed by atoms with E-state index in [0.29, 0.717) is 5.75 Å². The van der Waals surface area contributed by atoms with Gasteiger partial charge in [0.05, 0.1) is 0 Å². The molecule has 0 amide bonds. The molecule has 0 bridgehead atoms. The summed E-state index contributed by atoms with van der Waals surface area (Å²) in [6.45, 7) is -6.30. The highest BCUT2D eigenvalue weighted by molar-refractivity contribution is 8.06. The summed E-state index contributed by atoms with van der Waals surface area (Å²) in [5, 5.41) is 3.10. The standard InChI is InChI=1S/C27H21OS.C6BF8/c28-29(27-14-8-3-9-15-27,21-20-23-10-4-1-5-11-23)22-24-16-18-26(19-17-24)25-12-6-2-7-13-25;8-2-1(7(13,14)15)3(9)5(11)6(12)4(2)10/h1-19H,22H2;/q+1;-1. The lowest BCUT2D eigenvalue weighted by atomic mass is 9.79. The van der Waals surface area contributed by atoms with Gasteiger partial charge in [0.15, 0.2) is 43.3 Å². The Kier molecular flexibility index (Phi) is 10.1. The van der Waals surface area contributed by atoms with Gasteiger partial charge in [0, 0.05) is 11.1 Å². The minimum Gasteiger partial charge on any atom is -0.445 e. The van der Waals surface area contributed by atoms with Crippen LogP contribution in [0.15, 0.2) is 120 Å². The monoisotopic (exact) mass is 628 g/mol. The third kappa shape index (κ3) is 7.63. The van der Waals surface area contributed by atoms with Crippen LogP contribution in [0.1, 0.15) is 11.1 Å². The predicted molar refractivity (Wildman–Crippen MR) is 157 cm³/mol. The second kappa shape index (κ2) is 13.7. The second-order valence-corrected chi connectivity index (χ2v) is 11.7. The van der Waals surface area contributed by atoms with Crippen LogP contribution in [0.3, 0.4) is 0 Å². The van der Waals surface area contributed by atoms with Crippen LogP contribution in [0.2, 0.25) is 0 Å². The van der Waals surface area contributed by atoms with Crippen molar-refractivity contribution < 1.29 is 39.1 Å². The summed E-state index contributed by atoms with van der Waals surface area (Å²) >= 11 is 0. The molecule has 0 fully saturated rings. The Labute approximate surface area is 249 Å². The van der Waals surface area contributed by atoms with Gasteiger partial charge >= 0.3 is 6.98 Å². The van der Waals surface area contributed by atoms with Crippen molar-refractivity contribution >= 4 is 22.4 Å². The minimum atomic E-state index is -6.30. The lowest BCUT2D eigenvalue weighted by molar-refractivity contribution is 0.377. The molecule has 5 rings (SSSR count). The Morgan fingerprint density at radius 3 is 1.48 bits per heavy atom. The maximum Gasteiger partial charge on any atom is 0.515 e. The molecule has 5 aromatic rings. The van der Waals surface area contributed by atoms with Gasteiger partial charge in [-0.3, -0.25) is 0 Å². The molecule has 0 saturated carbocycles. The van der Waals surface area contributed by atoms with Crippen LogP contribution in [0.25, 0.3) is 11.1 Å². The first-order chi connectivity index (χ1) is 20.9. The van der Waals surface area contributed by atoms with E-state index in [0.717, 1.165) is 21.6 Å². The number of hydrogen-bond acceptors (Lipinski definition) is 1. The van der Waals surface area contributed by atoms with Crippen molar-refractivity contribution in [1.29, 1.82) is 0 Å². The lowest BCUT2D eigenvalue weighted by Gasteiger charge is -2.17. The van der Waals surface area contributed by atoms with E-state index in [-0.39, 0.29) is 0 Å². The number of rotatable bonds is 5. The van der Waals surface area contributed by atoms with Crippen LogP contribution in [-0.4, -0.2) is 6.98 Å². The van der Waals surface area contributed by atoms with Gasteiger partial charge < -0.3 is 12.9 Å². The average Bonchev–Trinajstić information content (AvgIpc) is 3.03. The largest absolute Gasteiger partial charge is 0.515 e. The highest BCUT2D eigenvalue weighted by atomic mass is 32.2. The second-order valence-electron chi connectivity index (χ2n) is 9.35. The molecule has 0 N–H and O–H groups in total. The fourth-order valence-corrected chi connectivity index (χ4v) is 5.95. The highest BCUT2D eigenvalue weighted by Crippen LogP contribution is 2.26. The zero-order valence-corrected chi connectivity index (χ0v) is 23.4. The fraction of sp³-hybridized carbons (Fsp3) is 0.0303. The summed E-state index contributed by atoms with van der Waals surface area (Å²) in [7, 11) is -2.56. The van der Waals surface area contributed by atoms with E-state index in [2.05, 4.69) is 47.6 Å². The van der Waals surface area contributed by atoms with Crippen molar-refractivity contribution in [3.8, 4) is 22.3 Å². The lowest BCUT2D eigenvalue weighted by Crippen LogP contribution is -2.41. The van der Waals surface area contributed by atoms with Gasteiger partial charge in [0.25, 0.3) is 0 Å². The molecule has 5 aromatic carbocycles. The van der Waals surface area contributed by atoms with Gasteiger partial charge in [-0.25, -0.2) is 22.0 Å². The molecule has 1 unspecified atom stereocenters. The van der Waals surface area contributed by atoms with Crippen LogP contribution < -0.4 is 5.46 Å². The molecule has 0 spiro atoms. The SMILES string of the molecule is Fc1c(F)c(F)c([B-](F)(F)F)c(F)c1F.O=[S+](C#Cc1ccccc1)(Cc1ccc(-c2ccccc2)cc1)c1ccccc1. The van der Waals surface area contributed by atoms with E-state index in [9.17, 15) is 39.1 Å². The smallest absolute Gasteiger partial charge is 0.445 e. The molecule has 0 saturated heterocycles. The Morgan fingerprint density at radius 1 is 0.545 bits per heavy atom. The van der Waals surface area contributed by atoms with E-state index >= 15 is 0 Å². The molecule has 1 nitrogen and oxygen atoms in total. The van der Waals surface area contributed by atoms with E-state index < -0.39 is 51.5 Å². The molecular formula is C33H21BF8OS. The summed E-state index contributed by atoms with van der Waals surface area (Å²) in [6.07, 6.45) is 0. The molecule has 11 heteroatoms. The van der Waals surface area contributed by atoms with Crippen molar-refractivity contribution in [3.63, 3.8) is 0 Å². The summed E-state index contributed by atoms with van der Waals surface area (Å²) in [6, 6.07) is 37.8. The van der Waals surface area contributed by atoms with Crippen molar-refractivity contribution in [1.82, 2.24) is 0 Å². The zero-order chi connectivity index (χ0) is 31.9. The molecule has 1 atom stereocenters. The van der Waals surface area contributed by atoms with Gasteiger partial charge in [0.2, 0.25) is 0 Å².